The number of ether oxygens (including phenoxy) is 1. The first-order valence-corrected chi connectivity index (χ1v) is 13.6. The van der Waals surface area contributed by atoms with Gasteiger partial charge in [-0.2, -0.15) is 0 Å². The van der Waals surface area contributed by atoms with Crippen molar-refractivity contribution in [2.75, 3.05) is 17.7 Å². The smallest absolute Gasteiger partial charge is 0.303 e. The number of carbonyl (C=O) groups excluding carboxylic acids is 2. The van der Waals surface area contributed by atoms with Crippen LogP contribution in [0.4, 0.5) is 11.4 Å². The average molecular weight is 576 g/mol. The summed E-state index contributed by atoms with van der Waals surface area (Å²) in [5.74, 6) is -1.45. The number of anilines is 2. The van der Waals surface area contributed by atoms with Crippen LogP contribution in [0, 0.1) is 0 Å². The number of methoxy groups -OCH3 is 1. The quantitative estimate of drug-likeness (QED) is 0.157. The molecule has 0 bridgehead atoms. The molecule has 0 spiro atoms. The summed E-state index contributed by atoms with van der Waals surface area (Å²) in [5, 5.41) is 35.1. The lowest BCUT2D eigenvalue weighted by Gasteiger charge is -2.09. The van der Waals surface area contributed by atoms with Crippen molar-refractivity contribution in [2.24, 2.45) is 0 Å². The van der Waals surface area contributed by atoms with Gasteiger partial charge < -0.3 is 30.7 Å². The minimum atomic E-state index is -1.04. The number of aromatic hydroxyl groups is 1. The summed E-state index contributed by atoms with van der Waals surface area (Å²) in [6.07, 6.45) is -0.0127. The summed E-state index contributed by atoms with van der Waals surface area (Å²) in [4.78, 5) is 40.3. The molecule has 0 aliphatic heterocycles. The molecule has 1 aromatic heterocycles. The topological polar surface area (TPSA) is 158 Å². The standard InChI is InChI=1S/C30H29N3O7S/c1-3-24(35)31-21-8-4-17(5-9-21)27-29(18-6-10-22(11-7-18)32-25(36)12-13-26(37)38)41-30(33-27)19-14-20(16-34)28(39)23(15-19)40-2/h4-11,14-15,34,39H,3,12-13,16H2,1-2H3,(H,31,35)(H,32,36)(H,37,38). The van der Waals surface area contributed by atoms with Crippen molar-refractivity contribution in [2.45, 2.75) is 32.8 Å². The SMILES string of the molecule is CCC(=O)Nc1ccc(-c2nc(-c3cc(CO)c(O)c(OC)c3)sc2-c2ccc(NC(=O)CCC(=O)O)cc2)cc1. The fraction of sp³-hybridized carbons (Fsp3) is 0.200. The van der Waals surface area contributed by atoms with Crippen LogP contribution in [-0.2, 0) is 21.0 Å². The fourth-order valence-electron chi connectivity index (χ4n) is 4.01. The molecular formula is C30H29N3O7S. The van der Waals surface area contributed by atoms with Gasteiger partial charge in [0.25, 0.3) is 0 Å². The Balaban J connectivity index is 1.74. The van der Waals surface area contributed by atoms with Gasteiger partial charge in [-0.3, -0.25) is 14.4 Å². The van der Waals surface area contributed by atoms with E-state index in [4.69, 9.17) is 14.8 Å². The lowest BCUT2D eigenvalue weighted by molar-refractivity contribution is -0.138. The van der Waals surface area contributed by atoms with Gasteiger partial charge in [-0.15, -0.1) is 11.3 Å². The number of carbonyl (C=O) groups is 3. The largest absolute Gasteiger partial charge is 0.504 e. The maximum absolute atomic E-state index is 12.1. The molecule has 4 rings (SSSR count). The number of phenols is 1. The van der Waals surface area contributed by atoms with Crippen LogP contribution in [0.5, 0.6) is 11.5 Å². The predicted octanol–water partition coefficient (Wildman–Crippen LogP) is 5.50. The number of carboxylic acid groups (broad SMARTS) is 1. The highest BCUT2D eigenvalue weighted by molar-refractivity contribution is 7.19. The molecule has 0 saturated heterocycles. The Morgan fingerprint density at radius 1 is 0.878 bits per heavy atom. The summed E-state index contributed by atoms with van der Waals surface area (Å²) < 4.78 is 5.30. The number of nitrogens with one attached hydrogen (secondary N) is 2. The summed E-state index contributed by atoms with van der Waals surface area (Å²) in [5.41, 5.74) is 4.44. The Morgan fingerprint density at radius 3 is 2.05 bits per heavy atom. The van der Waals surface area contributed by atoms with Crippen molar-refractivity contribution in [3.05, 3.63) is 66.2 Å². The van der Waals surface area contributed by atoms with Crippen molar-refractivity contribution in [1.82, 2.24) is 4.98 Å². The lowest BCUT2D eigenvalue weighted by atomic mass is 10.1. The van der Waals surface area contributed by atoms with Crippen LogP contribution in [0.2, 0.25) is 0 Å². The van der Waals surface area contributed by atoms with Gasteiger partial charge in [0.1, 0.15) is 5.01 Å². The number of rotatable bonds is 11. The van der Waals surface area contributed by atoms with E-state index in [2.05, 4.69) is 10.6 Å². The van der Waals surface area contributed by atoms with E-state index in [1.807, 2.05) is 24.3 Å². The molecule has 11 heteroatoms. The van der Waals surface area contributed by atoms with E-state index in [0.29, 0.717) is 39.6 Å². The van der Waals surface area contributed by atoms with Crippen molar-refractivity contribution < 1.29 is 34.4 Å². The molecule has 0 atom stereocenters. The van der Waals surface area contributed by atoms with Crippen LogP contribution >= 0.6 is 11.3 Å². The Morgan fingerprint density at radius 2 is 1.49 bits per heavy atom. The van der Waals surface area contributed by atoms with Crippen LogP contribution in [-0.4, -0.2) is 45.2 Å². The Labute approximate surface area is 240 Å². The van der Waals surface area contributed by atoms with E-state index >= 15 is 0 Å². The fourth-order valence-corrected chi connectivity index (χ4v) is 5.09. The van der Waals surface area contributed by atoms with Crippen LogP contribution in [0.1, 0.15) is 31.7 Å². The van der Waals surface area contributed by atoms with Gasteiger partial charge >= 0.3 is 5.97 Å². The van der Waals surface area contributed by atoms with Gasteiger partial charge in [0.05, 0.1) is 30.7 Å². The van der Waals surface area contributed by atoms with E-state index in [9.17, 15) is 24.6 Å². The van der Waals surface area contributed by atoms with Crippen molar-refractivity contribution in [3.63, 3.8) is 0 Å². The molecule has 2 amide bonds. The molecular weight excluding hydrogens is 546 g/mol. The maximum atomic E-state index is 12.1. The normalized spacial score (nSPS) is 10.7. The molecule has 4 aromatic rings. The number of hydrogen-bond acceptors (Lipinski definition) is 8. The third-order valence-electron chi connectivity index (χ3n) is 6.18. The second-order valence-electron chi connectivity index (χ2n) is 9.04. The van der Waals surface area contributed by atoms with E-state index in [0.717, 1.165) is 16.0 Å². The van der Waals surface area contributed by atoms with Crippen LogP contribution in [0.15, 0.2) is 60.7 Å². The first kappa shape index (κ1) is 29.2. The minimum absolute atomic E-state index is 0.0921. The number of thiazole rings is 1. The van der Waals surface area contributed by atoms with E-state index in [1.54, 1.807) is 43.3 Å². The second kappa shape index (κ2) is 13.1. The summed E-state index contributed by atoms with van der Waals surface area (Å²) in [7, 11) is 1.43. The summed E-state index contributed by atoms with van der Waals surface area (Å²) >= 11 is 1.40. The average Bonchev–Trinajstić information content (AvgIpc) is 3.42. The zero-order valence-corrected chi connectivity index (χ0v) is 23.2. The molecule has 1 heterocycles. The highest BCUT2D eigenvalue weighted by Gasteiger charge is 2.19. The Bertz CT molecular complexity index is 1540. The molecule has 0 aliphatic rings. The molecule has 0 saturated carbocycles. The van der Waals surface area contributed by atoms with Gasteiger partial charge in [-0.05, 0) is 42.0 Å². The highest BCUT2D eigenvalue weighted by Crippen LogP contribution is 2.43. The van der Waals surface area contributed by atoms with Gasteiger partial charge in [-0.25, -0.2) is 4.98 Å². The summed E-state index contributed by atoms with van der Waals surface area (Å²) in [6, 6.07) is 17.8. The van der Waals surface area contributed by atoms with Gasteiger partial charge in [0, 0.05) is 40.9 Å². The van der Waals surface area contributed by atoms with E-state index in [1.165, 1.54) is 18.4 Å². The van der Waals surface area contributed by atoms with E-state index in [-0.39, 0.29) is 36.9 Å². The molecule has 5 N–H and O–H groups in total. The second-order valence-corrected chi connectivity index (χ2v) is 10.0. The molecule has 212 valence electrons. The number of hydrogen-bond donors (Lipinski definition) is 5. The monoisotopic (exact) mass is 575 g/mol. The van der Waals surface area contributed by atoms with Gasteiger partial charge in [0.2, 0.25) is 11.8 Å². The maximum Gasteiger partial charge on any atom is 0.303 e. The van der Waals surface area contributed by atoms with E-state index < -0.39 is 11.9 Å². The zero-order valence-electron chi connectivity index (χ0n) is 22.4. The highest BCUT2D eigenvalue weighted by atomic mass is 32.1. The number of aliphatic hydroxyl groups is 1. The molecule has 0 unspecified atom stereocenters. The van der Waals surface area contributed by atoms with Gasteiger partial charge in [0.15, 0.2) is 11.5 Å². The molecule has 0 aliphatic carbocycles. The predicted molar refractivity (Wildman–Crippen MR) is 157 cm³/mol. The first-order chi connectivity index (χ1) is 19.7. The molecule has 0 fully saturated rings. The number of nitrogens with zero attached hydrogens (tertiary/aromatic N) is 1. The molecule has 0 radical (unpaired) electrons. The van der Waals surface area contributed by atoms with Crippen molar-refractivity contribution >= 4 is 40.5 Å². The number of aromatic nitrogens is 1. The lowest BCUT2D eigenvalue weighted by Crippen LogP contribution is -2.13. The van der Waals surface area contributed by atoms with Crippen LogP contribution in [0.25, 0.3) is 32.3 Å². The number of carboxylic acids is 1. The Hall–Kier alpha value is -4.74. The number of benzene rings is 3. The van der Waals surface area contributed by atoms with Crippen molar-refractivity contribution in [1.29, 1.82) is 0 Å². The zero-order chi connectivity index (χ0) is 29.5. The Kier molecular flexibility index (Phi) is 9.33. The molecule has 41 heavy (non-hydrogen) atoms. The molecule has 10 nitrogen and oxygen atoms in total. The van der Waals surface area contributed by atoms with Crippen LogP contribution in [0.3, 0.4) is 0 Å². The third-order valence-corrected chi connectivity index (χ3v) is 7.33. The van der Waals surface area contributed by atoms with Crippen molar-refractivity contribution in [3.8, 4) is 43.8 Å². The summed E-state index contributed by atoms with van der Waals surface area (Å²) in [6.45, 7) is 1.39. The first-order valence-electron chi connectivity index (χ1n) is 12.8. The molecule has 3 aromatic carbocycles. The third kappa shape index (κ3) is 7.07. The number of aliphatic carboxylic acids is 1. The number of aliphatic hydroxyl groups excluding tert-OH is 1. The van der Waals surface area contributed by atoms with Crippen LogP contribution < -0.4 is 15.4 Å². The minimum Gasteiger partial charge on any atom is -0.504 e. The number of amides is 2. The van der Waals surface area contributed by atoms with Gasteiger partial charge in [-0.1, -0.05) is 31.2 Å².